The summed E-state index contributed by atoms with van der Waals surface area (Å²) >= 11 is 0. The number of allylic oxidation sites excluding steroid dienone is 2. The monoisotopic (exact) mass is 407 g/mol. The molecule has 1 heterocycles. The zero-order valence-electron chi connectivity index (χ0n) is 17.4. The van der Waals surface area contributed by atoms with Crippen LogP contribution in [0, 0.1) is 0 Å². The molecular formula is C24H25NO5. The molecule has 0 bridgehead atoms. The predicted molar refractivity (Wildman–Crippen MR) is 112 cm³/mol. The molecule has 0 spiro atoms. The lowest BCUT2D eigenvalue weighted by molar-refractivity contribution is -0.122. The van der Waals surface area contributed by atoms with Crippen LogP contribution >= 0.6 is 0 Å². The minimum atomic E-state index is -0.191. The molecule has 30 heavy (non-hydrogen) atoms. The minimum absolute atomic E-state index is 0.0547. The first-order valence-electron chi connectivity index (χ1n) is 9.96. The number of Topliss-reactive ketones (excluding diaryl/α,β-unsaturated/α-hetero) is 1. The lowest BCUT2D eigenvalue weighted by atomic mass is 9.73. The molecule has 2 aromatic rings. The summed E-state index contributed by atoms with van der Waals surface area (Å²) in [4.78, 5) is 25.7. The number of hydrogen-bond donors (Lipinski definition) is 1. The number of carbonyl (C=O) groups is 2. The van der Waals surface area contributed by atoms with Crippen molar-refractivity contribution >= 4 is 11.7 Å². The Morgan fingerprint density at radius 2 is 1.50 bits per heavy atom. The SMILES string of the molecule is COc1cc([C@@H]2CC(=O)C3=C(C2)NC(=O)C[C@@H]3c2ccccc2)cc(OC)c1OC. The van der Waals surface area contributed by atoms with Crippen molar-refractivity contribution in [3.05, 3.63) is 64.9 Å². The average molecular weight is 407 g/mol. The largest absolute Gasteiger partial charge is 0.493 e. The maximum absolute atomic E-state index is 13.2. The molecule has 2 atom stereocenters. The minimum Gasteiger partial charge on any atom is -0.493 e. The van der Waals surface area contributed by atoms with Crippen LogP contribution in [-0.4, -0.2) is 33.0 Å². The van der Waals surface area contributed by atoms with Gasteiger partial charge in [0, 0.05) is 30.0 Å². The maximum atomic E-state index is 13.2. The number of carbonyl (C=O) groups excluding carboxylic acids is 2. The van der Waals surface area contributed by atoms with Crippen molar-refractivity contribution in [3.63, 3.8) is 0 Å². The van der Waals surface area contributed by atoms with E-state index in [0.29, 0.717) is 36.5 Å². The fourth-order valence-corrected chi connectivity index (χ4v) is 4.50. The van der Waals surface area contributed by atoms with Crippen LogP contribution in [0.4, 0.5) is 0 Å². The van der Waals surface area contributed by atoms with E-state index in [0.717, 1.165) is 22.4 Å². The van der Waals surface area contributed by atoms with Crippen LogP contribution in [0.15, 0.2) is 53.7 Å². The summed E-state index contributed by atoms with van der Waals surface area (Å²) in [6.45, 7) is 0. The lowest BCUT2D eigenvalue weighted by Crippen LogP contribution is -2.38. The molecule has 0 unspecified atom stereocenters. The highest BCUT2D eigenvalue weighted by Gasteiger charge is 2.38. The zero-order chi connectivity index (χ0) is 21.3. The molecule has 0 saturated heterocycles. The van der Waals surface area contributed by atoms with Gasteiger partial charge in [-0.2, -0.15) is 0 Å². The van der Waals surface area contributed by atoms with E-state index in [1.165, 1.54) is 0 Å². The Hall–Kier alpha value is -3.28. The number of amides is 1. The van der Waals surface area contributed by atoms with Gasteiger partial charge in [-0.3, -0.25) is 9.59 Å². The Bertz CT molecular complexity index is 987. The number of ketones is 1. The van der Waals surface area contributed by atoms with E-state index in [9.17, 15) is 9.59 Å². The number of ether oxygens (including phenoxy) is 3. The molecule has 0 radical (unpaired) electrons. The highest BCUT2D eigenvalue weighted by molar-refractivity contribution is 6.02. The normalized spacial score (nSPS) is 21.0. The molecule has 0 saturated carbocycles. The smallest absolute Gasteiger partial charge is 0.225 e. The van der Waals surface area contributed by atoms with Gasteiger partial charge in [0.1, 0.15) is 0 Å². The Morgan fingerprint density at radius 1 is 0.833 bits per heavy atom. The Balaban J connectivity index is 1.72. The highest BCUT2D eigenvalue weighted by Crippen LogP contribution is 2.46. The van der Waals surface area contributed by atoms with Gasteiger partial charge in [0.25, 0.3) is 0 Å². The van der Waals surface area contributed by atoms with E-state index in [4.69, 9.17) is 14.2 Å². The van der Waals surface area contributed by atoms with Crippen molar-refractivity contribution in [2.24, 2.45) is 0 Å². The van der Waals surface area contributed by atoms with Gasteiger partial charge >= 0.3 is 0 Å². The first-order chi connectivity index (χ1) is 14.5. The second kappa shape index (κ2) is 8.22. The third-order valence-corrected chi connectivity index (χ3v) is 5.90. The van der Waals surface area contributed by atoms with Gasteiger partial charge in [-0.25, -0.2) is 0 Å². The standard InChI is InChI=1S/C24H25NO5/c1-28-20-11-16(12-21(29-2)24(20)30-3)15-9-18-23(19(26)10-15)17(13-22(27)25-18)14-7-5-4-6-8-14/h4-8,11-12,15,17H,9-10,13H2,1-3H3,(H,25,27)/t15-,17+/m0/s1. The molecule has 156 valence electrons. The molecule has 0 fully saturated rings. The molecule has 2 aliphatic rings. The van der Waals surface area contributed by atoms with E-state index < -0.39 is 0 Å². The summed E-state index contributed by atoms with van der Waals surface area (Å²) in [5.41, 5.74) is 3.39. The summed E-state index contributed by atoms with van der Waals surface area (Å²) in [5, 5.41) is 2.96. The fraction of sp³-hybridized carbons (Fsp3) is 0.333. The van der Waals surface area contributed by atoms with Crippen LogP contribution in [0.3, 0.4) is 0 Å². The molecule has 6 nitrogen and oxygen atoms in total. The number of rotatable bonds is 5. The summed E-state index contributed by atoms with van der Waals surface area (Å²) in [5.74, 6) is 1.36. The van der Waals surface area contributed by atoms with E-state index in [-0.39, 0.29) is 23.5 Å². The Morgan fingerprint density at radius 3 is 2.10 bits per heavy atom. The maximum Gasteiger partial charge on any atom is 0.225 e. The number of benzene rings is 2. The molecule has 1 N–H and O–H groups in total. The van der Waals surface area contributed by atoms with Crippen LogP contribution in [-0.2, 0) is 9.59 Å². The van der Waals surface area contributed by atoms with Crippen molar-refractivity contribution in [3.8, 4) is 17.2 Å². The van der Waals surface area contributed by atoms with Crippen LogP contribution in [0.2, 0.25) is 0 Å². The van der Waals surface area contributed by atoms with Crippen molar-refractivity contribution in [1.29, 1.82) is 0 Å². The number of methoxy groups -OCH3 is 3. The van der Waals surface area contributed by atoms with Gasteiger partial charge in [-0.15, -0.1) is 0 Å². The summed E-state index contributed by atoms with van der Waals surface area (Å²) in [7, 11) is 4.70. The summed E-state index contributed by atoms with van der Waals surface area (Å²) in [6.07, 6.45) is 1.24. The van der Waals surface area contributed by atoms with Gasteiger partial charge in [-0.05, 0) is 35.6 Å². The quantitative estimate of drug-likeness (QED) is 0.818. The van der Waals surface area contributed by atoms with Crippen LogP contribution < -0.4 is 19.5 Å². The second-order valence-corrected chi connectivity index (χ2v) is 7.59. The molecule has 1 aliphatic heterocycles. The molecule has 4 rings (SSSR count). The average Bonchev–Trinajstić information content (AvgIpc) is 2.77. The zero-order valence-corrected chi connectivity index (χ0v) is 17.4. The summed E-state index contributed by atoms with van der Waals surface area (Å²) < 4.78 is 16.3. The Labute approximate surface area is 175 Å². The molecule has 1 aliphatic carbocycles. The van der Waals surface area contributed by atoms with Crippen molar-refractivity contribution in [1.82, 2.24) is 5.32 Å². The van der Waals surface area contributed by atoms with E-state index >= 15 is 0 Å². The van der Waals surface area contributed by atoms with Crippen LogP contribution in [0.25, 0.3) is 0 Å². The van der Waals surface area contributed by atoms with Gasteiger partial charge < -0.3 is 19.5 Å². The van der Waals surface area contributed by atoms with E-state index in [1.807, 2.05) is 42.5 Å². The highest BCUT2D eigenvalue weighted by atomic mass is 16.5. The van der Waals surface area contributed by atoms with Crippen molar-refractivity contribution in [2.75, 3.05) is 21.3 Å². The second-order valence-electron chi connectivity index (χ2n) is 7.59. The van der Waals surface area contributed by atoms with Gasteiger partial charge in [0.2, 0.25) is 11.7 Å². The third-order valence-electron chi connectivity index (χ3n) is 5.90. The van der Waals surface area contributed by atoms with Crippen molar-refractivity contribution < 1.29 is 23.8 Å². The topological polar surface area (TPSA) is 73.9 Å². The summed E-state index contributed by atoms with van der Waals surface area (Å²) in [6, 6.07) is 13.5. The van der Waals surface area contributed by atoms with E-state index in [1.54, 1.807) is 21.3 Å². The molecular weight excluding hydrogens is 382 g/mol. The molecule has 2 aromatic carbocycles. The number of hydrogen-bond acceptors (Lipinski definition) is 5. The van der Waals surface area contributed by atoms with Crippen molar-refractivity contribution in [2.45, 2.75) is 31.1 Å². The first-order valence-corrected chi connectivity index (χ1v) is 9.96. The first kappa shape index (κ1) is 20.0. The van der Waals surface area contributed by atoms with Gasteiger partial charge in [0.05, 0.1) is 21.3 Å². The Kier molecular flexibility index (Phi) is 5.48. The van der Waals surface area contributed by atoms with Crippen LogP contribution in [0.1, 0.15) is 42.2 Å². The fourth-order valence-electron chi connectivity index (χ4n) is 4.50. The molecule has 1 amide bonds. The van der Waals surface area contributed by atoms with Crippen LogP contribution in [0.5, 0.6) is 17.2 Å². The number of nitrogens with one attached hydrogen (secondary N) is 1. The molecule has 6 heteroatoms. The van der Waals surface area contributed by atoms with Gasteiger partial charge in [-0.1, -0.05) is 30.3 Å². The predicted octanol–water partition coefficient (Wildman–Crippen LogP) is 3.72. The van der Waals surface area contributed by atoms with E-state index in [2.05, 4.69) is 5.32 Å². The lowest BCUT2D eigenvalue weighted by Gasteiger charge is -2.34. The molecule has 0 aromatic heterocycles. The third kappa shape index (κ3) is 3.54. The van der Waals surface area contributed by atoms with Gasteiger partial charge in [0.15, 0.2) is 17.3 Å².